The molecule has 124 valence electrons. The molecule has 0 unspecified atom stereocenters. The van der Waals surface area contributed by atoms with Crippen molar-refractivity contribution in [1.29, 1.82) is 0 Å². The van der Waals surface area contributed by atoms with E-state index in [1.54, 1.807) is 0 Å². The summed E-state index contributed by atoms with van der Waals surface area (Å²) in [5.41, 5.74) is -0.739. The Balaban J connectivity index is 2.28. The fraction of sp³-hybridized carbons (Fsp3) is 0.357. The van der Waals surface area contributed by atoms with Gasteiger partial charge in [0.2, 0.25) is 5.95 Å². The molecule has 1 aromatic heterocycles. The third kappa shape index (κ3) is 4.22. The van der Waals surface area contributed by atoms with Gasteiger partial charge < -0.3 is 10.2 Å². The van der Waals surface area contributed by atoms with Gasteiger partial charge in [0, 0.05) is 18.8 Å². The van der Waals surface area contributed by atoms with E-state index in [1.165, 1.54) is 18.3 Å². The van der Waals surface area contributed by atoms with Crippen LogP contribution < -0.4 is 10.2 Å². The maximum Gasteiger partial charge on any atom is 0.417 e. The van der Waals surface area contributed by atoms with Crippen LogP contribution in [0.5, 0.6) is 0 Å². The lowest BCUT2D eigenvalue weighted by atomic mass is 10.2. The number of hydrogen-bond acceptors (Lipinski definition) is 5. The predicted molar refractivity (Wildman–Crippen MR) is 83.1 cm³/mol. The van der Waals surface area contributed by atoms with Crippen molar-refractivity contribution in [3.8, 4) is 0 Å². The highest BCUT2D eigenvalue weighted by Gasteiger charge is 2.33. The molecular formula is C14H15ClF3N5. The van der Waals surface area contributed by atoms with E-state index in [0.29, 0.717) is 5.82 Å². The van der Waals surface area contributed by atoms with Gasteiger partial charge in [-0.05, 0) is 32.0 Å². The first-order chi connectivity index (χ1) is 10.8. The van der Waals surface area contributed by atoms with Crippen LogP contribution in [0.4, 0.5) is 30.6 Å². The molecule has 1 aromatic carbocycles. The van der Waals surface area contributed by atoms with E-state index in [2.05, 4.69) is 20.5 Å². The summed E-state index contributed by atoms with van der Waals surface area (Å²) < 4.78 is 38.6. The van der Waals surface area contributed by atoms with Crippen molar-refractivity contribution in [2.75, 3.05) is 23.3 Å². The molecule has 1 heterocycles. The Hall–Kier alpha value is -2.09. The lowest BCUT2D eigenvalue weighted by Crippen LogP contribution is -2.23. The number of hydrogen-bond donors (Lipinski definition) is 1. The molecule has 2 rings (SSSR count). The smallest absolute Gasteiger partial charge is 0.356 e. The largest absolute Gasteiger partial charge is 0.417 e. The topological polar surface area (TPSA) is 53.9 Å². The molecule has 0 atom stereocenters. The third-order valence-electron chi connectivity index (χ3n) is 3.16. The average molecular weight is 346 g/mol. The number of nitrogens with one attached hydrogen (secondary N) is 1. The van der Waals surface area contributed by atoms with Crippen molar-refractivity contribution >= 4 is 29.1 Å². The highest BCUT2D eigenvalue weighted by atomic mass is 35.5. The second-order valence-electron chi connectivity index (χ2n) is 4.63. The summed E-state index contributed by atoms with van der Waals surface area (Å²) in [5.74, 6) is 0.711. The molecule has 0 saturated heterocycles. The molecule has 0 aliphatic heterocycles. The number of anilines is 3. The van der Waals surface area contributed by atoms with Crippen LogP contribution in [0.25, 0.3) is 0 Å². The van der Waals surface area contributed by atoms with Gasteiger partial charge in [-0.25, -0.2) is 0 Å². The fourth-order valence-corrected chi connectivity index (χ4v) is 2.22. The minimum absolute atomic E-state index is 0.116. The van der Waals surface area contributed by atoms with E-state index >= 15 is 0 Å². The number of halogens is 4. The van der Waals surface area contributed by atoms with Crippen molar-refractivity contribution in [2.45, 2.75) is 20.0 Å². The van der Waals surface area contributed by atoms with Gasteiger partial charge in [0.15, 0.2) is 5.82 Å². The lowest BCUT2D eigenvalue weighted by Gasteiger charge is -2.19. The summed E-state index contributed by atoms with van der Waals surface area (Å²) in [6.07, 6.45) is -3.03. The second-order valence-corrected chi connectivity index (χ2v) is 5.04. The van der Waals surface area contributed by atoms with Crippen LogP contribution in [0.2, 0.25) is 5.02 Å². The van der Waals surface area contributed by atoms with Gasteiger partial charge in [-0.15, -0.1) is 5.10 Å². The highest BCUT2D eigenvalue weighted by molar-refractivity contribution is 6.31. The van der Waals surface area contributed by atoms with Crippen LogP contribution in [0.1, 0.15) is 19.4 Å². The summed E-state index contributed by atoms with van der Waals surface area (Å²) in [6, 6.07) is 3.51. The van der Waals surface area contributed by atoms with E-state index < -0.39 is 11.7 Å². The SMILES string of the molecule is CCN(CC)c1cnnc(Nc2ccc(Cl)c(C(F)(F)F)c2)n1. The molecule has 0 aliphatic carbocycles. The summed E-state index contributed by atoms with van der Waals surface area (Å²) in [7, 11) is 0. The monoisotopic (exact) mass is 345 g/mol. The van der Waals surface area contributed by atoms with E-state index in [9.17, 15) is 13.2 Å². The third-order valence-corrected chi connectivity index (χ3v) is 3.49. The molecule has 5 nitrogen and oxygen atoms in total. The molecule has 9 heteroatoms. The molecule has 1 N–H and O–H groups in total. The maximum absolute atomic E-state index is 12.9. The van der Waals surface area contributed by atoms with Crippen molar-refractivity contribution in [2.24, 2.45) is 0 Å². The zero-order valence-electron chi connectivity index (χ0n) is 12.5. The van der Waals surface area contributed by atoms with Crippen LogP contribution >= 0.6 is 11.6 Å². The number of nitrogens with zero attached hydrogens (tertiary/aromatic N) is 4. The van der Waals surface area contributed by atoms with Crippen molar-refractivity contribution < 1.29 is 13.2 Å². The minimum atomic E-state index is -4.53. The Labute approximate surface area is 136 Å². The van der Waals surface area contributed by atoms with E-state index in [1.807, 2.05) is 18.7 Å². The van der Waals surface area contributed by atoms with E-state index in [0.717, 1.165) is 19.2 Å². The molecule has 0 bridgehead atoms. The van der Waals surface area contributed by atoms with Crippen LogP contribution in [0, 0.1) is 0 Å². The summed E-state index contributed by atoms with van der Waals surface area (Å²) >= 11 is 5.59. The number of rotatable bonds is 5. The Morgan fingerprint density at radius 3 is 2.52 bits per heavy atom. The summed E-state index contributed by atoms with van der Waals surface area (Å²) in [4.78, 5) is 6.20. The van der Waals surface area contributed by atoms with Gasteiger partial charge in [-0.2, -0.15) is 23.3 Å². The maximum atomic E-state index is 12.9. The molecule has 2 aromatic rings. The molecule has 0 amide bonds. The van der Waals surface area contributed by atoms with Crippen molar-refractivity contribution in [1.82, 2.24) is 15.2 Å². The number of aromatic nitrogens is 3. The number of alkyl halides is 3. The van der Waals surface area contributed by atoms with Crippen molar-refractivity contribution in [3.05, 3.63) is 35.0 Å². The van der Waals surface area contributed by atoms with Gasteiger partial charge in [0.05, 0.1) is 16.8 Å². The molecule has 0 radical (unpaired) electrons. The molecule has 0 aliphatic rings. The van der Waals surface area contributed by atoms with Gasteiger partial charge >= 0.3 is 6.18 Å². The average Bonchev–Trinajstić information content (AvgIpc) is 2.50. The molecule has 0 spiro atoms. The standard InChI is InChI=1S/C14H15ClF3N5/c1-3-23(4-2)12-8-19-22-13(21-12)20-9-5-6-11(15)10(7-9)14(16,17)18/h5-8H,3-4H2,1-2H3,(H,20,21,22). The Morgan fingerprint density at radius 2 is 1.91 bits per heavy atom. The molecule has 23 heavy (non-hydrogen) atoms. The highest BCUT2D eigenvalue weighted by Crippen LogP contribution is 2.36. The first-order valence-electron chi connectivity index (χ1n) is 6.93. The van der Waals surface area contributed by atoms with Gasteiger partial charge in [-0.3, -0.25) is 0 Å². The molecule has 0 saturated carbocycles. The quantitative estimate of drug-likeness (QED) is 0.882. The van der Waals surface area contributed by atoms with Gasteiger partial charge in [-0.1, -0.05) is 11.6 Å². The van der Waals surface area contributed by atoms with Crippen LogP contribution in [-0.4, -0.2) is 28.3 Å². The first-order valence-corrected chi connectivity index (χ1v) is 7.31. The zero-order valence-corrected chi connectivity index (χ0v) is 13.3. The summed E-state index contributed by atoms with van der Waals surface area (Å²) in [5, 5.41) is 9.96. The lowest BCUT2D eigenvalue weighted by molar-refractivity contribution is -0.137. The Morgan fingerprint density at radius 1 is 1.22 bits per heavy atom. The van der Waals surface area contributed by atoms with Crippen molar-refractivity contribution in [3.63, 3.8) is 0 Å². The van der Waals surface area contributed by atoms with E-state index in [4.69, 9.17) is 11.6 Å². The normalized spacial score (nSPS) is 11.4. The van der Waals surface area contributed by atoms with Crippen LogP contribution in [-0.2, 0) is 6.18 Å². The fourth-order valence-electron chi connectivity index (χ4n) is 2.00. The second kappa shape index (κ2) is 6.99. The molecule has 0 fully saturated rings. The molecular weight excluding hydrogens is 331 g/mol. The first kappa shape index (κ1) is 17.3. The zero-order chi connectivity index (χ0) is 17.0. The Bertz CT molecular complexity index is 674. The predicted octanol–water partition coefficient (Wildman–Crippen LogP) is 4.13. The van der Waals surface area contributed by atoms with Gasteiger partial charge in [0.25, 0.3) is 0 Å². The number of benzene rings is 1. The summed E-state index contributed by atoms with van der Waals surface area (Å²) in [6.45, 7) is 5.39. The minimum Gasteiger partial charge on any atom is -0.356 e. The van der Waals surface area contributed by atoms with Crippen LogP contribution in [0.3, 0.4) is 0 Å². The van der Waals surface area contributed by atoms with E-state index in [-0.39, 0.29) is 16.7 Å². The Kier molecular flexibility index (Phi) is 5.25. The van der Waals surface area contributed by atoms with Gasteiger partial charge in [0.1, 0.15) is 0 Å². The van der Waals surface area contributed by atoms with Crippen LogP contribution in [0.15, 0.2) is 24.4 Å².